The van der Waals surface area contributed by atoms with E-state index in [0.29, 0.717) is 6.54 Å². The fourth-order valence-electron chi connectivity index (χ4n) is 1.59. The van der Waals surface area contributed by atoms with Gasteiger partial charge in [0.05, 0.1) is 12.7 Å². The Morgan fingerprint density at radius 2 is 1.86 bits per heavy atom. The summed E-state index contributed by atoms with van der Waals surface area (Å²) in [6, 6.07) is 9.09. The van der Waals surface area contributed by atoms with Crippen molar-refractivity contribution in [2.24, 2.45) is 0 Å². The topological polar surface area (TPSA) is 61.9 Å². The van der Waals surface area contributed by atoms with Crippen LogP contribution in [-0.4, -0.2) is 31.0 Å². The zero-order chi connectivity index (χ0) is 15.7. The van der Waals surface area contributed by atoms with E-state index in [-0.39, 0.29) is 0 Å². The highest BCUT2D eigenvalue weighted by molar-refractivity contribution is 7.87. The molecule has 0 atom stereocenters. The summed E-state index contributed by atoms with van der Waals surface area (Å²) in [5.41, 5.74) is -1.94. The van der Waals surface area contributed by atoms with Crippen molar-refractivity contribution in [2.75, 3.05) is 7.05 Å². The molecule has 1 heterocycles. The number of nitrogens with zero attached hydrogens (tertiary/aromatic N) is 2. The van der Waals surface area contributed by atoms with Gasteiger partial charge in [-0.05, 0) is 5.56 Å². The van der Waals surface area contributed by atoms with Crippen molar-refractivity contribution in [2.45, 2.75) is 12.1 Å². The quantitative estimate of drug-likeness (QED) is 0.670. The molecule has 0 fully saturated rings. The number of halogens is 3. The van der Waals surface area contributed by atoms with E-state index < -0.39 is 21.5 Å². The Kier molecular flexibility index (Phi) is 4.01. The van der Waals surface area contributed by atoms with Crippen LogP contribution in [-0.2, 0) is 20.8 Å². The van der Waals surface area contributed by atoms with Crippen molar-refractivity contribution in [3.05, 3.63) is 48.0 Å². The Balaban J connectivity index is 2.09. The monoisotopic (exact) mass is 323 g/mol. The standard InChI is InChI=1S/C11H12F3N3O3S/c1-16-10(20-21(18,19)11(12,13)14)8-17(15-16)7-9-5-3-2-4-6-9/h2-6,8,15H,7H2,1H3. The lowest BCUT2D eigenvalue weighted by molar-refractivity contribution is -0.0538. The molecule has 116 valence electrons. The summed E-state index contributed by atoms with van der Waals surface area (Å²) in [7, 11) is -4.35. The Morgan fingerprint density at radius 1 is 1.24 bits per heavy atom. The molecule has 0 unspecified atom stereocenters. The third kappa shape index (κ3) is 3.58. The van der Waals surface area contributed by atoms with E-state index in [4.69, 9.17) is 0 Å². The van der Waals surface area contributed by atoms with Crippen LogP contribution in [0.1, 0.15) is 5.56 Å². The second kappa shape index (κ2) is 5.45. The van der Waals surface area contributed by atoms with Crippen LogP contribution in [0.2, 0.25) is 0 Å². The molecule has 0 saturated heterocycles. The number of alkyl halides is 3. The van der Waals surface area contributed by atoms with Crippen LogP contribution in [0.3, 0.4) is 0 Å². The van der Waals surface area contributed by atoms with Crippen LogP contribution in [0.5, 0.6) is 0 Å². The van der Waals surface area contributed by atoms with Crippen LogP contribution in [0, 0.1) is 0 Å². The smallest absolute Gasteiger partial charge is 0.354 e. The van der Waals surface area contributed by atoms with E-state index in [1.807, 2.05) is 30.3 Å². The molecule has 10 heteroatoms. The molecule has 1 aliphatic rings. The van der Waals surface area contributed by atoms with Gasteiger partial charge in [0, 0.05) is 7.05 Å². The number of nitrogens with one attached hydrogen (secondary N) is 1. The maximum atomic E-state index is 12.3. The highest BCUT2D eigenvalue weighted by Crippen LogP contribution is 2.28. The molecule has 1 N–H and O–H groups in total. The fraction of sp³-hybridized carbons (Fsp3) is 0.273. The van der Waals surface area contributed by atoms with E-state index in [9.17, 15) is 21.6 Å². The lowest BCUT2D eigenvalue weighted by Gasteiger charge is -2.20. The number of hydrogen-bond donors (Lipinski definition) is 1. The van der Waals surface area contributed by atoms with Gasteiger partial charge in [-0.2, -0.15) is 21.6 Å². The summed E-state index contributed by atoms with van der Waals surface area (Å²) in [4.78, 5) is 0. The molecule has 1 aromatic rings. The SMILES string of the molecule is CN1NN(Cc2ccccc2)C=C1OS(=O)(=O)C(F)(F)F. The van der Waals surface area contributed by atoms with Gasteiger partial charge in [0.15, 0.2) is 0 Å². The summed E-state index contributed by atoms with van der Waals surface area (Å²) < 4.78 is 62.8. The van der Waals surface area contributed by atoms with E-state index in [1.165, 1.54) is 12.1 Å². The first-order chi connectivity index (χ1) is 9.69. The van der Waals surface area contributed by atoms with Gasteiger partial charge in [-0.1, -0.05) is 30.3 Å². The van der Waals surface area contributed by atoms with Gasteiger partial charge in [-0.25, -0.2) is 0 Å². The minimum absolute atomic E-state index is 0.324. The molecule has 0 saturated carbocycles. The highest BCUT2D eigenvalue weighted by Gasteiger charge is 2.49. The summed E-state index contributed by atoms with van der Waals surface area (Å²) in [6.45, 7) is 0.324. The maximum Gasteiger partial charge on any atom is 0.534 e. The summed E-state index contributed by atoms with van der Waals surface area (Å²) >= 11 is 0. The number of rotatable bonds is 4. The van der Waals surface area contributed by atoms with Gasteiger partial charge in [-0.15, -0.1) is 5.53 Å². The number of hydrogen-bond acceptors (Lipinski definition) is 6. The van der Waals surface area contributed by atoms with Crippen molar-refractivity contribution in [1.82, 2.24) is 15.6 Å². The number of benzene rings is 1. The normalized spacial score (nSPS) is 16.1. The van der Waals surface area contributed by atoms with E-state index in [0.717, 1.165) is 16.8 Å². The fourth-order valence-corrected chi connectivity index (χ4v) is 2.06. The van der Waals surface area contributed by atoms with Crippen LogP contribution in [0.15, 0.2) is 42.4 Å². The van der Waals surface area contributed by atoms with Gasteiger partial charge >= 0.3 is 15.6 Å². The lowest BCUT2D eigenvalue weighted by Crippen LogP contribution is -2.38. The minimum atomic E-state index is -5.69. The molecule has 1 aliphatic heterocycles. The van der Waals surface area contributed by atoms with Crippen molar-refractivity contribution in [1.29, 1.82) is 0 Å². The molecule has 6 nitrogen and oxygen atoms in total. The molecule has 0 aliphatic carbocycles. The molecular formula is C11H12F3N3O3S. The van der Waals surface area contributed by atoms with Crippen molar-refractivity contribution in [3.63, 3.8) is 0 Å². The molecule has 0 aromatic heterocycles. The summed E-state index contributed by atoms with van der Waals surface area (Å²) in [5, 5.41) is 2.43. The molecular weight excluding hydrogens is 311 g/mol. The Morgan fingerprint density at radius 3 is 2.43 bits per heavy atom. The average Bonchev–Trinajstić information content (AvgIpc) is 2.69. The zero-order valence-electron chi connectivity index (χ0n) is 10.8. The first kappa shape index (κ1) is 15.4. The molecule has 0 radical (unpaired) electrons. The first-order valence-corrected chi connectivity index (χ1v) is 7.13. The first-order valence-electron chi connectivity index (χ1n) is 5.72. The van der Waals surface area contributed by atoms with Gasteiger partial charge in [0.2, 0.25) is 5.88 Å². The second-order valence-corrected chi connectivity index (χ2v) is 5.76. The third-order valence-corrected chi connectivity index (χ3v) is 3.51. The zero-order valence-corrected chi connectivity index (χ0v) is 11.6. The predicted octanol–water partition coefficient (Wildman–Crippen LogP) is 1.52. The second-order valence-electron chi connectivity index (χ2n) is 4.22. The molecule has 0 bridgehead atoms. The molecule has 2 rings (SSSR count). The average molecular weight is 323 g/mol. The molecule has 1 aromatic carbocycles. The molecule has 0 spiro atoms. The Bertz CT molecular complexity index is 631. The minimum Gasteiger partial charge on any atom is -0.354 e. The maximum absolute atomic E-state index is 12.3. The van der Waals surface area contributed by atoms with Crippen LogP contribution in [0.25, 0.3) is 0 Å². The van der Waals surface area contributed by atoms with Crippen molar-refractivity contribution in [3.8, 4) is 0 Å². The van der Waals surface area contributed by atoms with E-state index in [2.05, 4.69) is 9.72 Å². The van der Waals surface area contributed by atoms with E-state index in [1.54, 1.807) is 0 Å². The van der Waals surface area contributed by atoms with Gasteiger partial charge in [-0.3, -0.25) is 10.0 Å². The summed E-state index contributed by atoms with van der Waals surface area (Å²) in [6.07, 6.45) is 1.14. The van der Waals surface area contributed by atoms with E-state index >= 15 is 0 Å². The molecule has 21 heavy (non-hydrogen) atoms. The van der Waals surface area contributed by atoms with Crippen LogP contribution < -0.4 is 5.53 Å². The van der Waals surface area contributed by atoms with Crippen molar-refractivity contribution >= 4 is 10.1 Å². The Hall–Kier alpha value is -1.94. The van der Waals surface area contributed by atoms with Crippen LogP contribution >= 0.6 is 0 Å². The van der Waals surface area contributed by atoms with Crippen molar-refractivity contribution < 1.29 is 25.8 Å². The van der Waals surface area contributed by atoms with Gasteiger partial charge in [0.25, 0.3) is 0 Å². The Labute approximate surface area is 119 Å². The summed E-state index contributed by atoms with van der Waals surface area (Å²) in [5.74, 6) is -0.469. The van der Waals surface area contributed by atoms with Crippen LogP contribution in [0.4, 0.5) is 13.2 Å². The van der Waals surface area contributed by atoms with Gasteiger partial charge < -0.3 is 4.18 Å². The largest absolute Gasteiger partial charge is 0.534 e. The molecule has 0 amide bonds. The lowest BCUT2D eigenvalue weighted by atomic mass is 10.2. The van der Waals surface area contributed by atoms with Gasteiger partial charge in [0.1, 0.15) is 0 Å². The number of hydrazine groups is 2. The predicted molar refractivity (Wildman–Crippen MR) is 67.0 cm³/mol. The third-order valence-electron chi connectivity index (χ3n) is 2.55. The highest BCUT2D eigenvalue weighted by atomic mass is 32.2.